The molecule has 0 bridgehead atoms. The largest absolute Gasteiger partial charge is 0.391 e. The molecule has 1 aliphatic carbocycles. The van der Waals surface area contributed by atoms with Crippen molar-refractivity contribution in [3.63, 3.8) is 0 Å². The van der Waals surface area contributed by atoms with Crippen LogP contribution in [0.1, 0.15) is 31.4 Å². The summed E-state index contributed by atoms with van der Waals surface area (Å²) in [5.74, 6) is 0.506. The van der Waals surface area contributed by atoms with Gasteiger partial charge in [0.1, 0.15) is 4.99 Å². The Hall–Kier alpha value is -1.08. The van der Waals surface area contributed by atoms with E-state index in [1.807, 2.05) is 18.2 Å². The molecule has 24 heavy (non-hydrogen) atoms. The second-order valence-corrected chi connectivity index (χ2v) is 7.10. The van der Waals surface area contributed by atoms with Gasteiger partial charge < -0.3 is 15.2 Å². The molecular formula is C18H27N3O2S. The van der Waals surface area contributed by atoms with E-state index in [0.717, 1.165) is 32.0 Å². The summed E-state index contributed by atoms with van der Waals surface area (Å²) < 4.78 is 11.7. The number of rotatable bonds is 6. The van der Waals surface area contributed by atoms with Gasteiger partial charge >= 0.3 is 0 Å². The molecule has 1 saturated heterocycles. The Balaban J connectivity index is 2.07. The van der Waals surface area contributed by atoms with Crippen LogP contribution in [0.5, 0.6) is 0 Å². The van der Waals surface area contributed by atoms with Crippen molar-refractivity contribution >= 4 is 17.2 Å². The summed E-state index contributed by atoms with van der Waals surface area (Å²) in [5.41, 5.74) is 6.25. The van der Waals surface area contributed by atoms with Crippen molar-refractivity contribution in [3.8, 4) is 0 Å². The van der Waals surface area contributed by atoms with Crippen LogP contribution in [0.25, 0.3) is 0 Å². The van der Waals surface area contributed by atoms with Crippen LogP contribution in [0.2, 0.25) is 0 Å². The molecule has 0 radical (unpaired) electrons. The fourth-order valence-corrected chi connectivity index (χ4v) is 4.66. The maximum Gasteiger partial charge on any atom is 0.174 e. The summed E-state index contributed by atoms with van der Waals surface area (Å²) >= 11 is 5.55. The third-order valence-corrected chi connectivity index (χ3v) is 5.74. The molecule has 2 fully saturated rings. The standard InChI is InChI=1S/C18H27N3O2S/c1-22-18(17(19)24,15-8-4-5-9-20-15)16(14-6-2-3-7-14)21-10-12-23-13-11-21/h4-5,8-9,14,16H,2-3,6-7,10-13H2,1H3,(H2,19,24). The first-order valence-corrected chi connectivity index (χ1v) is 9.19. The van der Waals surface area contributed by atoms with Gasteiger partial charge in [-0.3, -0.25) is 9.88 Å². The molecule has 1 saturated carbocycles. The number of methoxy groups -OCH3 is 1. The van der Waals surface area contributed by atoms with Crippen LogP contribution in [0, 0.1) is 5.92 Å². The summed E-state index contributed by atoms with van der Waals surface area (Å²) in [6.45, 7) is 3.23. The topological polar surface area (TPSA) is 60.6 Å². The minimum Gasteiger partial charge on any atom is -0.391 e. The molecule has 2 aliphatic rings. The molecule has 6 heteroatoms. The molecule has 1 aliphatic heterocycles. The molecule has 1 aromatic rings. The lowest BCUT2D eigenvalue weighted by Crippen LogP contribution is -2.62. The first-order valence-electron chi connectivity index (χ1n) is 8.78. The second kappa shape index (κ2) is 7.87. The Morgan fingerprint density at radius 3 is 2.62 bits per heavy atom. The van der Waals surface area contributed by atoms with Crippen molar-refractivity contribution in [3.05, 3.63) is 30.1 Å². The van der Waals surface area contributed by atoms with E-state index >= 15 is 0 Å². The van der Waals surface area contributed by atoms with Crippen molar-refractivity contribution in [2.24, 2.45) is 11.7 Å². The van der Waals surface area contributed by atoms with Gasteiger partial charge in [0.2, 0.25) is 0 Å². The summed E-state index contributed by atoms with van der Waals surface area (Å²) in [6.07, 6.45) is 6.66. The van der Waals surface area contributed by atoms with Crippen LogP contribution < -0.4 is 5.73 Å². The van der Waals surface area contributed by atoms with Gasteiger partial charge in [0.15, 0.2) is 5.60 Å². The number of nitrogens with zero attached hydrogens (tertiary/aromatic N) is 2. The molecule has 2 heterocycles. The third-order valence-electron chi connectivity index (χ3n) is 5.44. The molecule has 2 unspecified atom stereocenters. The van der Waals surface area contributed by atoms with Crippen LogP contribution >= 0.6 is 12.2 Å². The maximum atomic E-state index is 6.30. The lowest BCUT2D eigenvalue weighted by Gasteiger charge is -2.48. The van der Waals surface area contributed by atoms with Gasteiger partial charge in [0, 0.05) is 26.4 Å². The molecule has 0 aromatic carbocycles. The van der Waals surface area contributed by atoms with Crippen LogP contribution in [-0.2, 0) is 15.1 Å². The predicted molar refractivity (Wildman–Crippen MR) is 97.8 cm³/mol. The molecule has 2 atom stereocenters. The van der Waals surface area contributed by atoms with Gasteiger partial charge in [-0.15, -0.1) is 0 Å². The Morgan fingerprint density at radius 2 is 2.08 bits per heavy atom. The highest BCUT2D eigenvalue weighted by molar-refractivity contribution is 7.80. The average Bonchev–Trinajstić information content (AvgIpc) is 3.14. The number of aromatic nitrogens is 1. The van der Waals surface area contributed by atoms with Crippen LogP contribution in [0.4, 0.5) is 0 Å². The van der Waals surface area contributed by atoms with Gasteiger partial charge in [0.25, 0.3) is 0 Å². The third kappa shape index (κ3) is 3.20. The average molecular weight is 350 g/mol. The zero-order chi connectivity index (χ0) is 17.0. The number of hydrogen-bond donors (Lipinski definition) is 1. The van der Waals surface area contributed by atoms with Crippen molar-refractivity contribution < 1.29 is 9.47 Å². The summed E-state index contributed by atoms with van der Waals surface area (Å²) in [6, 6.07) is 5.95. The summed E-state index contributed by atoms with van der Waals surface area (Å²) in [5, 5.41) is 0. The number of pyridine rings is 1. The van der Waals surface area contributed by atoms with E-state index in [4.69, 9.17) is 27.4 Å². The number of thiocarbonyl (C=S) groups is 1. The van der Waals surface area contributed by atoms with E-state index in [1.54, 1.807) is 13.3 Å². The molecule has 2 N–H and O–H groups in total. The highest BCUT2D eigenvalue weighted by Gasteiger charge is 2.51. The SMILES string of the molecule is COC(C(N)=S)(c1ccccn1)C(C1CCCC1)N1CCOCC1. The summed E-state index contributed by atoms with van der Waals surface area (Å²) in [4.78, 5) is 7.40. The highest BCUT2D eigenvalue weighted by atomic mass is 32.1. The van der Waals surface area contributed by atoms with Gasteiger partial charge in [-0.1, -0.05) is 31.1 Å². The first-order chi connectivity index (χ1) is 11.7. The van der Waals surface area contributed by atoms with E-state index in [-0.39, 0.29) is 6.04 Å². The van der Waals surface area contributed by atoms with Gasteiger partial charge in [-0.05, 0) is 30.9 Å². The zero-order valence-electron chi connectivity index (χ0n) is 14.3. The molecule has 5 nitrogen and oxygen atoms in total. The molecular weight excluding hydrogens is 322 g/mol. The predicted octanol–water partition coefficient (Wildman–Crippen LogP) is 2.10. The lowest BCUT2D eigenvalue weighted by atomic mass is 9.79. The van der Waals surface area contributed by atoms with Crippen LogP contribution in [0.15, 0.2) is 24.4 Å². The first kappa shape index (κ1) is 17.7. The van der Waals surface area contributed by atoms with Crippen LogP contribution in [-0.4, -0.2) is 54.3 Å². The lowest BCUT2D eigenvalue weighted by molar-refractivity contribution is -0.0862. The zero-order valence-corrected chi connectivity index (χ0v) is 15.1. The maximum absolute atomic E-state index is 6.30. The van der Waals surface area contributed by atoms with Gasteiger partial charge in [-0.25, -0.2) is 0 Å². The molecule has 132 valence electrons. The Labute approximate surface area is 149 Å². The van der Waals surface area contributed by atoms with E-state index in [9.17, 15) is 0 Å². The normalized spacial score (nSPS) is 23.7. The number of ether oxygens (including phenoxy) is 2. The minimum absolute atomic E-state index is 0.0984. The fourth-order valence-electron chi connectivity index (χ4n) is 4.35. The van der Waals surface area contributed by atoms with Gasteiger partial charge in [0.05, 0.1) is 24.9 Å². The quantitative estimate of drug-likeness (QED) is 0.794. The minimum atomic E-state index is -0.858. The van der Waals surface area contributed by atoms with E-state index < -0.39 is 5.60 Å². The fraction of sp³-hybridized carbons (Fsp3) is 0.667. The molecule has 0 spiro atoms. The number of hydrogen-bond acceptors (Lipinski definition) is 5. The highest BCUT2D eigenvalue weighted by Crippen LogP contribution is 2.42. The number of nitrogens with two attached hydrogens (primary N) is 1. The summed E-state index contributed by atoms with van der Waals surface area (Å²) in [7, 11) is 1.70. The number of morpholine rings is 1. The Bertz CT molecular complexity index is 544. The van der Waals surface area contributed by atoms with Crippen molar-refractivity contribution in [1.82, 2.24) is 9.88 Å². The molecule has 3 rings (SSSR count). The van der Waals surface area contributed by atoms with Crippen molar-refractivity contribution in [1.29, 1.82) is 0 Å². The monoisotopic (exact) mass is 349 g/mol. The second-order valence-electron chi connectivity index (χ2n) is 6.66. The van der Waals surface area contributed by atoms with Crippen molar-refractivity contribution in [2.45, 2.75) is 37.3 Å². The smallest absolute Gasteiger partial charge is 0.174 e. The molecule has 1 aromatic heterocycles. The van der Waals surface area contributed by atoms with Crippen LogP contribution in [0.3, 0.4) is 0 Å². The van der Waals surface area contributed by atoms with E-state index in [1.165, 1.54) is 25.7 Å². The van der Waals surface area contributed by atoms with E-state index in [0.29, 0.717) is 10.9 Å². The Kier molecular flexibility index (Phi) is 5.81. The van der Waals surface area contributed by atoms with E-state index in [2.05, 4.69) is 9.88 Å². The Morgan fingerprint density at radius 1 is 1.38 bits per heavy atom. The van der Waals surface area contributed by atoms with Crippen molar-refractivity contribution in [2.75, 3.05) is 33.4 Å². The molecule has 0 amide bonds. The van der Waals surface area contributed by atoms with Gasteiger partial charge in [-0.2, -0.15) is 0 Å².